The Morgan fingerprint density at radius 1 is 1.38 bits per heavy atom. The number of esters is 1. The van der Waals surface area contributed by atoms with E-state index < -0.39 is 18.1 Å². The number of methoxy groups -OCH3 is 1. The first-order valence-electron chi connectivity index (χ1n) is 9.28. The first kappa shape index (κ1) is 21.2. The molecule has 1 aliphatic rings. The second kappa shape index (κ2) is 9.34. The lowest BCUT2D eigenvalue weighted by atomic mass is 10.1. The molecule has 0 radical (unpaired) electrons. The average molecular weight is 420 g/mol. The zero-order valence-corrected chi connectivity index (χ0v) is 17.5. The van der Waals surface area contributed by atoms with E-state index in [0.717, 1.165) is 16.3 Å². The number of ether oxygens (including phenoxy) is 3. The summed E-state index contributed by atoms with van der Waals surface area (Å²) in [5, 5.41) is 2.93. The minimum Gasteiger partial charge on any atom is -0.484 e. The molecule has 0 bridgehead atoms. The van der Waals surface area contributed by atoms with Crippen LogP contribution in [0.1, 0.15) is 29.3 Å². The molecular weight excluding hydrogens is 394 g/mol. The Balaban J connectivity index is 1.67. The summed E-state index contributed by atoms with van der Waals surface area (Å²) in [6.45, 7) is 4.40. The van der Waals surface area contributed by atoms with Gasteiger partial charge >= 0.3 is 5.97 Å². The number of carbonyl (C=O) groups excluding carboxylic acids is 2. The third kappa shape index (κ3) is 5.31. The Labute approximate surface area is 173 Å². The van der Waals surface area contributed by atoms with Crippen LogP contribution in [-0.2, 0) is 25.5 Å². The largest absolute Gasteiger partial charge is 0.484 e. The molecule has 2 aromatic rings. The van der Waals surface area contributed by atoms with Crippen molar-refractivity contribution in [1.29, 1.82) is 0 Å². The molecular formula is C20H25N3O5S. The third-order valence-electron chi connectivity index (χ3n) is 4.74. The van der Waals surface area contributed by atoms with Crippen LogP contribution in [0.15, 0.2) is 29.6 Å². The summed E-state index contributed by atoms with van der Waals surface area (Å²) < 4.78 is 16.2. The first-order valence-corrected chi connectivity index (χ1v) is 10.2. The molecule has 1 aromatic heterocycles. The molecule has 8 nitrogen and oxygen atoms in total. The zero-order chi connectivity index (χ0) is 21.0. The molecule has 1 aliphatic heterocycles. The summed E-state index contributed by atoms with van der Waals surface area (Å²) in [7, 11) is 1.36. The van der Waals surface area contributed by atoms with E-state index in [-0.39, 0.29) is 18.8 Å². The highest BCUT2D eigenvalue weighted by Gasteiger charge is 2.42. The number of carbonyl (C=O) groups is 2. The number of amides is 1. The topological polar surface area (TPSA) is 104 Å². The Morgan fingerprint density at radius 2 is 2.10 bits per heavy atom. The molecule has 1 amide bonds. The van der Waals surface area contributed by atoms with Gasteiger partial charge in [0.2, 0.25) is 6.23 Å². The fraction of sp³-hybridized carbons (Fsp3) is 0.450. The maximum absolute atomic E-state index is 12.3. The number of rotatable bonds is 8. The van der Waals surface area contributed by atoms with Crippen LogP contribution in [0.2, 0.25) is 0 Å². The van der Waals surface area contributed by atoms with E-state index in [0.29, 0.717) is 18.7 Å². The van der Waals surface area contributed by atoms with E-state index >= 15 is 0 Å². The number of aryl methyl sites for hydroxylation is 1. The Kier molecular flexibility index (Phi) is 6.83. The number of hydrogen-bond donors (Lipinski definition) is 1. The number of benzene rings is 1. The maximum atomic E-state index is 12.3. The monoisotopic (exact) mass is 419 g/mol. The molecule has 1 fully saturated rings. The van der Waals surface area contributed by atoms with E-state index in [1.807, 2.05) is 36.3 Å². The van der Waals surface area contributed by atoms with Gasteiger partial charge in [0.05, 0.1) is 17.8 Å². The predicted octanol–water partition coefficient (Wildman–Crippen LogP) is 1.82. The predicted molar refractivity (Wildman–Crippen MR) is 107 cm³/mol. The van der Waals surface area contributed by atoms with Crippen molar-refractivity contribution in [3.8, 4) is 5.75 Å². The highest BCUT2D eigenvalue weighted by atomic mass is 32.1. The summed E-state index contributed by atoms with van der Waals surface area (Å²) in [5.74, 6) is -0.354. The van der Waals surface area contributed by atoms with Gasteiger partial charge in [-0.15, -0.1) is 11.3 Å². The van der Waals surface area contributed by atoms with Gasteiger partial charge in [-0.05, 0) is 38.0 Å². The summed E-state index contributed by atoms with van der Waals surface area (Å²) in [5.41, 5.74) is 7.00. The number of primary amides is 1. The maximum Gasteiger partial charge on any atom is 0.350 e. The van der Waals surface area contributed by atoms with Crippen molar-refractivity contribution in [2.45, 2.75) is 38.6 Å². The number of hydrogen-bond acceptors (Lipinski definition) is 8. The number of aromatic nitrogens is 1. The standard InChI is InChI=1S/C20H25N3O5S/c1-12(8-14-4-6-15(7-5-14)27-10-18(21)24)23-9-17(16-11-29-13(2)22-16)28-19(23)20(25)26-3/h4-7,11-12,17,19H,8-10H2,1-3H3,(H2,21,24). The molecule has 0 spiro atoms. The smallest absolute Gasteiger partial charge is 0.350 e. The molecule has 3 unspecified atom stereocenters. The Bertz CT molecular complexity index is 854. The van der Waals surface area contributed by atoms with Crippen molar-refractivity contribution in [2.24, 2.45) is 5.73 Å². The van der Waals surface area contributed by atoms with E-state index in [4.69, 9.17) is 19.9 Å². The van der Waals surface area contributed by atoms with Gasteiger partial charge < -0.3 is 19.9 Å². The molecule has 3 rings (SSSR count). The molecule has 1 saturated heterocycles. The second-order valence-corrected chi connectivity index (χ2v) is 8.00. The second-order valence-electron chi connectivity index (χ2n) is 6.94. The minimum absolute atomic E-state index is 0.0289. The first-order chi connectivity index (χ1) is 13.9. The fourth-order valence-corrected chi connectivity index (χ4v) is 3.95. The van der Waals surface area contributed by atoms with Crippen LogP contribution >= 0.6 is 11.3 Å². The summed E-state index contributed by atoms with van der Waals surface area (Å²) >= 11 is 1.56. The zero-order valence-electron chi connectivity index (χ0n) is 16.7. The van der Waals surface area contributed by atoms with Crippen LogP contribution in [0.3, 0.4) is 0 Å². The molecule has 1 aromatic carbocycles. The van der Waals surface area contributed by atoms with Crippen molar-refractivity contribution in [3.63, 3.8) is 0 Å². The van der Waals surface area contributed by atoms with Crippen molar-refractivity contribution in [2.75, 3.05) is 20.3 Å². The summed E-state index contributed by atoms with van der Waals surface area (Å²) in [4.78, 5) is 29.6. The molecule has 0 aliphatic carbocycles. The van der Waals surface area contributed by atoms with Gasteiger partial charge in [-0.3, -0.25) is 9.69 Å². The lowest BCUT2D eigenvalue weighted by Gasteiger charge is -2.27. The van der Waals surface area contributed by atoms with Gasteiger partial charge in [-0.1, -0.05) is 12.1 Å². The molecule has 3 atom stereocenters. The van der Waals surface area contributed by atoms with Gasteiger partial charge in [0.15, 0.2) is 6.61 Å². The van der Waals surface area contributed by atoms with Gasteiger partial charge in [-0.25, -0.2) is 9.78 Å². The SMILES string of the molecule is COC(=O)C1OC(c2csc(C)n2)CN1C(C)Cc1ccc(OCC(N)=O)cc1. The average Bonchev–Trinajstić information content (AvgIpc) is 3.33. The minimum atomic E-state index is -0.764. The van der Waals surface area contributed by atoms with E-state index in [1.54, 1.807) is 23.5 Å². The number of nitrogens with two attached hydrogens (primary N) is 1. The molecule has 2 heterocycles. The fourth-order valence-electron chi connectivity index (χ4n) is 3.29. The van der Waals surface area contributed by atoms with Crippen molar-refractivity contribution in [3.05, 3.63) is 45.9 Å². The van der Waals surface area contributed by atoms with E-state index in [9.17, 15) is 9.59 Å². The van der Waals surface area contributed by atoms with Gasteiger partial charge in [0.25, 0.3) is 5.91 Å². The van der Waals surface area contributed by atoms with Crippen molar-refractivity contribution < 1.29 is 23.8 Å². The van der Waals surface area contributed by atoms with Crippen molar-refractivity contribution in [1.82, 2.24) is 9.88 Å². The van der Waals surface area contributed by atoms with Crippen LogP contribution in [-0.4, -0.2) is 54.3 Å². The van der Waals surface area contributed by atoms with Crippen molar-refractivity contribution >= 4 is 23.2 Å². The van der Waals surface area contributed by atoms with E-state index in [2.05, 4.69) is 4.98 Å². The summed E-state index contributed by atoms with van der Waals surface area (Å²) in [6, 6.07) is 7.48. The van der Waals surface area contributed by atoms with Crippen LogP contribution in [0.25, 0.3) is 0 Å². The van der Waals surface area contributed by atoms with Crippen LogP contribution in [0.5, 0.6) is 5.75 Å². The molecule has 0 saturated carbocycles. The highest BCUT2D eigenvalue weighted by Crippen LogP contribution is 2.32. The Hall–Kier alpha value is -2.49. The van der Waals surface area contributed by atoms with Crippen LogP contribution < -0.4 is 10.5 Å². The molecule has 9 heteroatoms. The van der Waals surface area contributed by atoms with E-state index in [1.165, 1.54) is 7.11 Å². The number of nitrogens with zero attached hydrogens (tertiary/aromatic N) is 2. The lowest BCUT2D eigenvalue weighted by molar-refractivity contribution is -0.162. The lowest BCUT2D eigenvalue weighted by Crippen LogP contribution is -2.44. The van der Waals surface area contributed by atoms with Gasteiger partial charge in [-0.2, -0.15) is 0 Å². The van der Waals surface area contributed by atoms with Gasteiger partial charge in [0, 0.05) is 18.0 Å². The van der Waals surface area contributed by atoms with Gasteiger partial charge in [0.1, 0.15) is 11.9 Å². The third-order valence-corrected chi connectivity index (χ3v) is 5.53. The Morgan fingerprint density at radius 3 is 2.69 bits per heavy atom. The highest BCUT2D eigenvalue weighted by molar-refractivity contribution is 7.09. The molecule has 156 valence electrons. The molecule has 29 heavy (non-hydrogen) atoms. The normalized spacial score (nSPS) is 20.4. The number of thiazole rings is 1. The quantitative estimate of drug-likeness (QED) is 0.651. The molecule has 2 N–H and O–H groups in total. The van der Waals surface area contributed by atoms with Crippen LogP contribution in [0.4, 0.5) is 0 Å². The van der Waals surface area contributed by atoms with Crippen LogP contribution in [0, 0.1) is 6.92 Å². The summed E-state index contributed by atoms with van der Waals surface area (Å²) in [6.07, 6.45) is -0.327.